The second kappa shape index (κ2) is 3.46. The Kier molecular flexibility index (Phi) is 2.15. The number of hydroxylamine groups is 1. The molecule has 0 spiro atoms. The third-order valence-corrected chi connectivity index (χ3v) is 2.04. The molecule has 1 saturated heterocycles. The molecule has 3 heteroatoms. The molecule has 0 aliphatic carbocycles. The average molecular weight is 174 g/mol. The van der Waals surface area contributed by atoms with Crippen molar-refractivity contribution in [2.45, 2.75) is 12.5 Å². The molecule has 0 radical (unpaired) electrons. The van der Waals surface area contributed by atoms with Gasteiger partial charge in [0.2, 0.25) is 0 Å². The minimum atomic E-state index is -0.278. The summed E-state index contributed by atoms with van der Waals surface area (Å²) in [6, 6.07) is 11.9. The summed E-state index contributed by atoms with van der Waals surface area (Å²) in [5.41, 5.74) is 1.01. The zero-order valence-electron chi connectivity index (χ0n) is 7.18. The fourth-order valence-electron chi connectivity index (χ4n) is 1.37. The summed E-state index contributed by atoms with van der Waals surface area (Å²) in [4.78, 5) is 5.37. The van der Waals surface area contributed by atoms with Gasteiger partial charge in [0, 0.05) is 13.0 Å². The molecule has 0 aromatic heterocycles. The van der Waals surface area contributed by atoms with Crippen molar-refractivity contribution in [3.05, 3.63) is 30.3 Å². The molecular weight excluding hydrogens is 164 g/mol. The summed E-state index contributed by atoms with van der Waals surface area (Å²) >= 11 is 0. The van der Waals surface area contributed by atoms with Crippen molar-refractivity contribution in [1.82, 2.24) is 0 Å². The smallest absolute Gasteiger partial charge is 0.173 e. The van der Waals surface area contributed by atoms with Gasteiger partial charge >= 0.3 is 0 Å². The van der Waals surface area contributed by atoms with Gasteiger partial charge in [-0.3, -0.25) is 9.90 Å². The molecule has 1 atom stereocenters. The molecule has 1 fully saturated rings. The number of nitrogens with zero attached hydrogens (tertiary/aromatic N) is 2. The van der Waals surface area contributed by atoms with E-state index >= 15 is 0 Å². The van der Waals surface area contributed by atoms with E-state index in [1.54, 1.807) is 5.06 Å². The predicted molar refractivity (Wildman–Crippen MR) is 48.9 cm³/mol. The van der Waals surface area contributed by atoms with E-state index in [1.807, 2.05) is 30.3 Å². The number of hydrogen-bond donors (Lipinski definition) is 0. The first-order valence-electron chi connectivity index (χ1n) is 4.29. The maximum Gasteiger partial charge on any atom is 0.173 e. The summed E-state index contributed by atoms with van der Waals surface area (Å²) in [5, 5.41) is 10.4. The molecule has 0 amide bonds. The Morgan fingerprint density at radius 2 is 2.15 bits per heavy atom. The monoisotopic (exact) mass is 174 g/mol. The van der Waals surface area contributed by atoms with Crippen LogP contribution in [0.4, 0.5) is 5.69 Å². The van der Waals surface area contributed by atoms with Gasteiger partial charge in [0.15, 0.2) is 6.10 Å². The van der Waals surface area contributed by atoms with Gasteiger partial charge in [-0.05, 0) is 12.1 Å². The second-order valence-electron chi connectivity index (χ2n) is 2.95. The largest absolute Gasteiger partial charge is 0.255 e. The van der Waals surface area contributed by atoms with Crippen LogP contribution in [0.1, 0.15) is 6.42 Å². The number of hydrogen-bond acceptors (Lipinski definition) is 3. The molecule has 0 saturated carbocycles. The van der Waals surface area contributed by atoms with E-state index < -0.39 is 0 Å². The summed E-state index contributed by atoms with van der Waals surface area (Å²) in [6.07, 6.45) is 0.506. The molecule has 1 aromatic carbocycles. The van der Waals surface area contributed by atoms with E-state index in [1.165, 1.54) is 0 Å². The molecule has 3 nitrogen and oxygen atoms in total. The van der Waals surface area contributed by atoms with Gasteiger partial charge in [0.1, 0.15) is 0 Å². The van der Waals surface area contributed by atoms with E-state index in [2.05, 4.69) is 6.07 Å². The zero-order valence-corrected chi connectivity index (χ0v) is 7.18. The van der Waals surface area contributed by atoms with Gasteiger partial charge in [-0.2, -0.15) is 5.26 Å². The normalized spacial score (nSPS) is 21.5. The van der Waals surface area contributed by atoms with Gasteiger partial charge in [0.25, 0.3) is 0 Å². The van der Waals surface area contributed by atoms with E-state index in [0.717, 1.165) is 18.7 Å². The topological polar surface area (TPSA) is 36.3 Å². The molecule has 1 aromatic rings. The molecule has 1 aliphatic rings. The molecule has 0 bridgehead atoms. The standard InChI is InChI=1S/C10H10N2O/c11-8-10-6-7-12(13-10)9-4-2-1-3-5-9/h1-5,10H,6-7H2. The third kappa shape index (κ3) is 1.63. The molecule has 2 rings (SSSR count). The minimum absolute atomic E-state index is 0.278. The lowest BCUT2D eigenvalue weighted by Crippen LogP contribution is -2.17. The number of anilines is 1. The van der Waals surface area contributed by atoms with Crippen LogP contribution in [0.2, 0.25) is 0 Å². The Hall–Kier alpha value is -1.53. The van der Waals surface area contributed by atoms with Crippen LogP contribution in [0, 0.1) is 11.3 Å². The second-order valence-corrected chi connectivity index (χ2v) is 2.95. The zero-order chi connectivity index (χ0) is 9.10. The fourth-order valence-corrected chi connectivity index (χ4v) is 1.37. The Balaban J connectivity index is 2.09. The minimum Gasteiger partial charge on any atom is -0.255 e. The molecular formula is C10H10N2O. The van der Waals surface area contributed by atoms with Gasteiger partial charge < -0.3 is 0 Å². The van der Waals surface area contributed by atoms with Crippen LogP contribution in [0.25, 0.3) is 0 Å². The van der Waals surface area contributed by atoms with Crippen molar-refractivity contribution < 1.29 is 4.84 Å². The summed E-state index contributed by atoms with van der Waals surface area (Å²) < 4.78 is 0. The van der Waals surface area contributed by atoms with Crippen LogP contribution in [0.3, 0.4) is 0 Å². The lowest BCUT2D eigenvalue weighted by molar-refractivity contribution is 0.124. The van der Waals surface area contributed by atoms with Crippen molar-refractivity contribution in [1.29, 1.82) is 5.26 Å². The highest BCUT2D eigenvalue weighted by Gasteiger charge is 2.22. The predicted octanol–water partition coefficient (Wildman–Crippen LogP) is 1.72. The van der Waals surface area contributed by atoms with Crippen LogP contribution >= 0.6 is 0 Å². The first-order valence-corrected chi connectivity index (χ1v) is 4.29. The number of para-hydroxylation sites is 1. The SMILES string of the molecule is N#CC1CCN(c2ccccc2)O1. The Morgan fingerprint density at radius 1 is 1.38 bits per heavy atom. The maximum atomic E-state index is 8.63. The number of nitriles is 1. The van der Waals surface area contributed by atoms with Gasteiger partial charge in [0.05, 0.1) is 11.8 Å². The van der Waals surface area contributed by atoms with Gasteiger partial charge in [-0.1, -0.05) is 18.2 Å². The summed E-state index contributed by atoms with van der Waals surface area (Å²) in [5.74, 6) is 0. The number of rotatable bonds is 1. The van der Waals surface area contributed by atoms with Crippen molar-refractivity contribution in [2.75, 3.05) is 11.6 Å². The molecule has 66 valence electrons. The summed E-state index contributed by atoms with van der Waals surface area (Å²) in [7, 11) is 0. The first kappa shape index (κ1) is 8.09. The van der Waals surface area contributed by atoms with E-state index in [-0.39, 0.29) is 6.10 Å². The highest BCUT2D eigenvalue weighted by Crippen LogP contribution is 2.21. The third-order valence-electron chi connectivity index (χ3n) is 2.04. The van der Waals surface area contributed by atoms with Crippen LogP contribution in [0.5, 0.6) is 0 Å². The molecule has 0 N–H and O–H groups in total. The number of benzene rings is 1. The first-order chi connectivity index (χ1) is 6.40. The van der Waals surface area contributed by atoms with Crippen LogP contribution in [0.15, 0.2) is 30.3 Å². The van der Waals surface area contributed by atoms with Crippen molar-refractivity contribution in [2.24, 2.45) is 0 Å². The average Bonchev–Trinajstić information content (AvgIpc) is 2.67. The Morgan fingerprint density at radius 3 is 2.77 bits per heavy atom. The molecule has 1 heterocycles. The molecule has 1 unspecified atom stereocenters. The highest BCUT2D eigenvalue weighted by atomic mass is 16.7. The van der Waals surface area contributed by atoms with Crippen molar-refractivity contribution in [3.8, 4) is 6.07 Å². The Labute approximate surface area is 77.1 Å². The van der Waals surface area contributed by atoms with Crippen LogP contribution < -0.4 is 5.06 Å². The van der Waals surface area contributed by atoms with E-state index in [0.29, 0.717) is 0 Å². The maximum absolute atomic E-state index is 8.63. The van der Waals surface area contributed by atoms with Crippen LogP contribution in [-0.2, 0) is 4.84 Å². The Bertz CT molecular complexity index is 317. The summed E-state index contributed by atoms with van der Waals surface area (Å²) in [6.45, 7) is 0.794. The van der Waals surface area contributed by atoms with Gasteiger partial charge in [-0.25, -0.2) is 0 Å². The van der Waals surface area contributed by atoms with Crippen molar-refractivity contribution >= 4 is 5.69 Å². The van der Waals surface area contributed by atoms with Gasteiger partial charge in [-0.15, -0.1) is 0 Å². The molecule has 1 aliphatic heterocycles. The highest BCUT2D eigenvalue weighted by molar-refractivity contribution is 5.44. The van der Waals surface area contributed by atoms with E-state index in [9.17, 15) is 0 Å². The fraction of sp³-hybridized carbons (Fsp3) is 0.300. The lowest BCUT2D eigenvalue weighted by atomic mass is 10.3. The van der Waals surface area contributed by atoms with Crippen molar-refractivity contribution in [3.63, 3.8) is 0 Å². The van der Waals surface area contributed by atoms with E-state index in [4.69, 9.17) is 10.1 Å². The quantitative estimate of drug-likeness (QED) is 0.650. The van der Waals surface area contributed by atoms with Crippen LogP contribution in [-0.4, -0.2) is 12.6 Å². The lowest BCUT2D eigenvalue weighted by Gasteiger charge is -2.15. The molecule has 13 heavy (non-hydrogen) atoms.